The van der Waals surface area contributed by atoms with Gasteiger partial charge in [-0.2, -0.15) is 0 Å². The lowest BCUT2D eigenvalue weighted by molar-refractivity contribution is -0.139. The summed E-state index contributed by atoms with van der Waals surface area (Å²) in [4.78, 5) is 28.5. The maximum atomic E-state index is 12.4. The Balaban J connectivity index is 1.62. The minimum absolute atomic E-state index is 0.0746. The molecule has 4 rings (SSSR count). The third-order valence-electron chi connectivity index (χ3n) is 4.11. The zero-order valence-corrected chi connectivity index (χ0v) is 14.4. The average Bonchev–Trinajstić information content (AvgIpc) is 3.14. The molecule has 3 heterocycles. The summed E-state index contributed by atoms with van der Waals surface area (Å²) in [7, 11) is 1.63. The molecule has 0 bridgehead atoms. The molecule has 0 aliphatic heterocycles. The summed E-state index contributed by atoms with van der Waals surface area (Å²) >= 11 is 0. The maximum absolute atomic E-state index is 12.4. The Bertz CT molecular complexity index is 1220. The molecular weight excluding hydrogens is 346 g/mol. The molecule has 0 saturated heterocycles. The molecule has 0 unspecified atom stereocenters. The van der Waals surface area contributed by atoms with Gasteiger partial charge in [0.25, 0.3) is 5.56 Å². The van der Waals surface area contributed by atoms with Crippen LogP contribution in [-0.2, 0) is 23.2 Å². The molecule has 0 atom stereocenters. The number of carbonyl (C=O) groups is 1. The first-order chi connectivity index (χ1) is 13.1. The quantitative estimate of drug-likeness (QED) is 0.406. The number of carbonyl (C=O) groups excluding carboxylic acids is 1. The summed E-state index contributed by atoms with van der Waals surface area (Å²) in [6, 6.07) is 12.6. The molecule has 3 aromatic heterocycles. The first kappa shape index (κ1) is 16.6. The monoisotopic (exact) mass is 361 g/mol. The Morgan fingerprint density at radius 2 is 1.96 bits per heavy atom. The highest BCUT2D eigenvalue weighted by Gasteiger charge is 2.15. The number of pyridine rings is 1. The second-order valence-corrected chi connectivity index (χ2v) is 5.83. The lowest BCUT2D eigenvalue weighted by Crippen LogP contribution is -2.20. The Kier molecular flexibility index (Phi) is 4.21. The third kappa shape index (κ3) is 3.08. The van der Waals surface area contributed by atoms with Crippen molar-refractivity contribution in [3.8, 4) is 0 Å². The van der Waals surface area contributed by atoms with Crippen LogP contribution in [0.1, 0.15) is 11.5 Å². The summed E-state index contributed by atoms with van der Waals surface area (Å²) < 4.78 is 8.40. The van der Waals surface area contributed by atoms with Crippen LogP contribution >= 0.6 is 0 Å². The van der Waals surface area contributed by atoms with Crippen molar-refractivity contribution < 1.29 is 9.53 Å². The molecule has 0 fully saturated rings. The predicted octanol–water partition coefficient (Wildman–Crippen LogP) is 1.73. The highest BCUT2D eigenvalue weighted by molar-refractivity contribution is 5.86. The summed E-state index contributed by atoms with van der Waals surface area (Å²) in [6.45, 7) is -0.0746. The first-order valence-corrected chi connectivity index (χ1v) is 8.23. The van der Waals surface area contributed by atoms with Crippen LogP contribution in [0.25, 0.3) is 22.8 Å². The van der Waals surface area contributed by atoms with E-state index in [1.165, 1.54) is 10.6 Å². The molecule has 1 aromatic carbocycles. The van der Waals surface area contributed by atoms with E-state index in [4.69, 9.17) is 4.74 Å². The van der Waals surface area contributed by atoms with Gasteiger partial charge in [0.05, 0.1) is 16.6 Å². The van der Waals surface area contributed by atoms with Crippen molar-refractivity contribution in [2.24, 2.45) is 7.05 Å². The number of hydrogen-bond donors (Lipinski definition) is 0. The van der Waals surface area contributed by atoms with Gasteiger partial charge in [-0.15, -0.1) is 10.2 Å². The van der Waals surface area contributed by atoms with E-state index in [1.54, 1.807) is 54.1 Å². The van der Waals surface area contributed by atoms with Crippen LogP contribution in [0, 0.1) is 0 Å². The Morgan fingerprint density at radius 1 is 1.15 bits per heavy atom. The van der Waals surface area contributed by atoms with Crippen LogP contribution in [0.15, 0.2) is 59.5 Å². The number of ether oxygens (including phenoxy) is 1. The highest BCUT2D eigenvalue weighted by Crippen LogP contribution is 2.14. The standard InChI is InChI=1S/C19H15N5O3/c1-23-18(26)14-7-2-3-8-15(14)24-16(21-22-19(23)24)12-27-17(25)10-9-13-6-4-5-11-20-13/h2-11H,12H2,1H3. The van der Waals surface area contributed by atoms with Crippen LogP contribution in [0.2, 0.25) is 0 Å². The van der Waals surface area contributed by atoms with Crippen LogP contribution < -0.4 is 5.56 Å². The van der Waals surface area contributed by atoms with Crippen LogP contribution in [0.5, 0.6) is 0 Å². The fourth-order valence-corrected chi connectivity index (χ4v) is 2.80. The van der Waals surface area contributed by atoms with Gasteiger partial charge >= 0.3 is 5.97 Å². The number of hydrogen-bond acceptors (Lipinski definition) is 6. The molecule has 8 heteroatoms. The van der Waals surface area contributed by atoms with Crippen molar-refractivity contribution in [1.29, 1.82) is 0 Å². The number of esters is 1. The van der Waals surface area contributed by atoms with Gasteiger partial charge in [0, 0.05) is 19.3 Å². The number of para-hydroxylation sites is 1. The zero-order chi connectivity index (χ0) is 18.8. The van der Waals surface area contributed by atoms with Crippen molar-refractivity contribution in [3.05, 3.63) is 76.6 Å². The SMILES string of the molecule is Cn1c(=O)c2ccccc2n2c(COC(=O)C=Cc3ccccn3)nnc12. The smallest absolute Gasteiger partial charge is 0.331 e. The minimum Gasteiger partial charge on any atom is -0.454 e. The number of aryl methyl sites for hydroxylation is 1. The topological polar surface area (TPSA) is 91.4 Å². The molecular formula is C19H15N5O3. The first-order valence-electron chi connectivity index (χ1n) is 8.23. The van der Waals surface area contributed by atoms with E-state index in [0.29, 0.717) is 28.2 Å². The third-order valence-corrected chi connectivity index (χ3v) is 4.11. The Morgan fingerprint density at radius 3 is 2.78 bits per heavy atom. The van der Waals surface area contributed by atoms with Gasteiger partial charge in [0.1, 0.15) is 0 Å². The summed E-state index contributed by atoms with van der Waals surface area (Å²) in [5.41, 5.74) is 1.16. The minimum atomic E-state index is -0.522. The largest absolute Gasteiger partial charge is 0.454 e. The van der Waals surface area contributed by atoms with Gasteiger partial charge in [-0.05, 0) is 30.3 Å². The molecule has 27 heavy (non-hydrogen) atoms. The number of benzene rings is 1. The second kappa shape index (κ2) is 6.83. The van der Waals surface area contributed by atoms with Crippen molar-refractivity contribution in [3.63, 3.8) is 0 Å². The molecule has 134 valence electrons. The fraction of sp³-hybridized carbons (Fsp3) is 0.105. The summed E-state index contributed by atoms with van der Waals surface area (Å²) in [5, 5.41) is 8.67. The van der Waals surface area contributed by atoms with Crippen molar-refractivity contribution in [1.82, 2.24) is 24.1 Å². The molecule has 0 amide bonds. The van der Waals surface area contributed by atoms with E-state index in [2.05, 4.69) is 15.2 Å². The van der Waals surface area contributed by atoms with E-state index in [1.807, 2.05) is 12.1 Å². The molecule has 0 saturated carbocycles. The van der Waals surface area contributed by atoms with E-state index in [9.17, 15) is 9.59 Å². The predicted molar refractivity (Wildman–Crippen MR) is 98.8 cm³/mol. The van der Waals surface area contributed by atoms with Crippen LogP contribution in [0.3, 0.4) is 0 Å². The van der Waals surface area contributed by atoms with Gasteiger partial charge in [-0.25, -0.2) is 4.79 Å². The van der Waals surface area contributed by atoms with Gasteiger partial charge < -0.3 is 4.74 Å². The van der Waals surface area contributed by atoms with Crippen molar-refractivity contribution >= 4 is 28.7 Å². The highest BCUT2D eigenvalue weighted by atomic mass is 16.5. The van der Waals surface area contributed by atoms with E-state index < -0.39 is 5.97 Å². The normalized spacial score (nSPS) is 11.4. The van der Waals surface area contributed by atoms with Gasteiger partial charge in [0.15, 0.2) is 12.4 Å². The van der Waals surface area contributed by atoms with Crippen molar-refractivity contribution in [2.75, 3.05) is 0 Å². The van der Waals surface area contributed by atoms with E-state index in [0.717, 1.165) is 0 Å². The Hall–Kier alpha value is -3.81. The molecule has 8 nitrogen and oxygen atoms in total. The second-order valence-electron chi connectivity index (χ2n) is 5.83. The molecule has 0 N–H and O–H groups in total. The molecule has 4 aromatic rings. The van der Waals surface area contributed by atoms with E-state index >= 15 is 0 Å². The molecule has 0 spiro atoms. The number of nitrogens with zero attached hydrogens (tertiary/aromatic N) is 5. The summed E-state index contributed by atoms with van der Waals surface area (Å²) in [5.74, 6) is 0.289. The Labute approximate surface area is 153 Å². The number of fused-ring (bicyclic) bond motifs is 3. The van der Waals surface area contributed by atoms with Gasteiger partial charge in [0.2, 0.25) is 5.78 Å². The van der Waals surface area contributed by atoms with Crippen LogP contribution in [-0.4, -0.2) is 30.1 Å². The van der Waals surface area contributed by atoms with Gasteiger partial charge in [-0.3, -0.25) is 18.7 Å². The summed E-state index contributed by atoms with van der Waals surface area (Å²) in [6.07, 6.45) is 4.52. The maximum Gasteiger partial charge on any atom is 0.331 e. The fourth-order valence-electron chi connectivity index (χ4n) is 2.80. The van der Waals surface area contributed by atoms with Gasteiger partial charge in [-0.1, -0.05) is 18.2 Å². The van der Waals surface area contributed by atoms with Crippen molar-refractivity contribution in [2.45, 2.75) is 6.61 Å². The average molecular weight is 361 g/mol. The molecule has 0 radical (unpaired) electrons. The lowest BCUT2D eigenvalue weighted by atomic mass is 10.2. The zero-order valence-electron chi connectivity index (χ0n) is 14.4. The molecule has 0 aliphatic rings. The van der Waals surface area contributed by atoms with E-state index in [-0.39, 0.29) is 12.2 Å². The number of rotatable bonds is 4. The molecule has 0 aliphatic carbocycles. The van der Waals surface area contributed by atoms with Crippen LogP contribution in [0.4, 0.5) is 0 Å². The lowest BCUT2D eigenvalue weighted by Gasteiger charge is -2.07. The number of aromatic nitrogens is 5.